The zero-order valence-electron chi connectivity index (χ0n) is 16.2. The molecule has 0 spiro atoms. The van der Waals surface area contributed by atoms with Gasteiger partial charge in [-0.25, -0.2) is 9.97 Å². The van der Waals surface area contributed by atoms with Gasteiger partial charge in [-0.1, -0.05) is 45.0 Å². The van der Waals surface area contributed by atoms with Crippen molar-refractivity contribution in [2.75, 3.05) is 0 Å². The number of para-hydroxylation sites is 1. The first-order chi connectivity index (χ1) is 12.8. The Balaban J connectivity index is 2.02. The quantitative estimate of drug-likeness (QED) is 0.431. The monoisotopic (exact) mass is 355 g/mol. The van der Waals surface area contributed by atoms with E-state index in [9.17, 15) is 5.26 Å². The lowest BCUT2D eigenvalue weighted by Crippen LogP contribution is -2.12. The highest BCUT2D eigenvalue weighted by molar-refractivity contribution is 5.90. The largest absolute Gasteiger partial charge is 0.452 e. The maximum Gasteiger partial charge on any atom is 0.197 e. The maximum atomic E-state index is 9.73. The van der Waals surface area contributed by atoms with Gasteiger partial charge in [-0.15, -0.1) is 0 Å². The van der Waals surface area contributed by atoms with Crippen LogP contribution in [0.4, 0.5) is 0 Å². The predicted octanol–water partition coefficient (Wildman–Crippen LogP) is 5.83. The van der Waals surface area contributed by atoms with Gasteiger partial charge < -0.3 is 4.42 Å². The molecule has 0 N–H and O–H groups in total. The van der Waals surface area contributed by atoms with Crippen LogP contribution in [0.2, 0.25) is 0 Å². The second-order valence-corrected chi connectivity index (χ2v) is 8.00. The molecule has 0 unspecified atom stereocenters. The van der Waals surface area contributed by atoms with Crippen molar-refractivity contribution in [3.63, 3.8) is 0 Å². The van der Waals surface area contributed by atoms with E-state index in [0.29, 0.717) is 17.3 Å². The van der Waals surface area contributed by atoms with Gasteiger partial charge >= 0.3 is 0 Å². The first-order valence-electron chi connectivity index (χ1n) is 9.01. The van der Waals surface area contributed by atoms with Crippen molar-refractivity contribution in [2.45, 2.75) is 40.0 Å². The zero-order valence-corrected chi connectivity index (χ0v) is 16.2. The molecule has 0 bridgehead atoms. The second kappa shape index (κ2) is 5.92. The molecule has 27 heavy (non-hydrogen) atoms. The van der Waals surface area contributed by atoms with Crippen molar-refractivity contribution >= 4 is 21.9 Å². The summed E-state index contributed by atoms with van der Waals surface area (Å²) in [6.07, 6.45) is 0. The smallest absolute Gasteiger partial charge is 0.197 e. The minimum absolute atomic E-state index is 0.0142. The third-order valence-corrected chi connectivity index (χ3v) is 5.01. The van der Waals surface area contributed by atoms with Crippen LogP contribution in [0.15, 0.2) is 40.8 Å². The molecule has 4 heteroatoms. The number of hydrogen-bond acceptors (Lipinski definition) is 4. The molecule has 0 saturated heterocycles. The molecule has 134 valence electrons. The highest BCUT2D eigenvalue weighted by atomic mass is 16.3. The summed E-state index contributed by atoms with van der Waals surface area (Å²) in [7, 11) is 0. The molecule has 0 atom stereocenters. The molecule has 4 rings (SSSR count). The summed E-state index contributed by atoms with van der Waals surface area (Å²) in [6, 6.07) is 14.3. The van der Waals surface area contributed by atoms with Gasteiger partial charge in [0.2, 0.25) is 0 Å². The van der Waals surface area contributed by atoms with Gasteiger partial charge in [0, 0.05) is 16.3 Å². The summed E-state index contributed by atoms with van der Waals surface area (Å²) in [6.45, 7) is 10.5. The number of fused-ring (bicyclic) bond motifs is 2. The van der Waals surface area contributed by atoms with E-state index in [0.717, 1.165) is 33.0 Å². The Morgan fingerprint density at radius 2 is 1.74 bits per heavy atom. The van der Waals surface area contributed by atoms with Crippen LogP contribution in [0.1, 0.15) is 43.2 Å². The van der Waals surface area contributed by atoms with Crippen molar-refractivity contribution in [3.05, 3.63) is 58.8 Å². The Kier molecular flexibility index (Phi) is 3.78. The van der Waals surface area contributed by atoms with Gasteiger partial charge in [-0.3, -0.25) is 0 Å². The molecule has 2 heterocycles. The van der Waals surface area contributed by atoms with Crippen LogP contribution in [0, 0.1) is 25.2 Å². The number of hydrogen-bond donors (Lipinski definition) is 0. The van der Waals surface area contributed by atoms with Crippen LogP contribution in [-0.2, 0) is 5.41 Å². The highest BCUT2D eigenvalue weighted by Gasteiger charge is 2.21. The molecule has 0 radical (unpaired) electrons. The van der Waals surface area contributed by atoms with E-state index in [2.05, 4.69) is 37.9 Å². The van der Waals surface area contributed by atoms with Gasteiger partial charge in [-0.2, -0.15) is 5.26 Å². The van der Waals surface area contributed by atoms with Gasteiger partial charge in [0.25, 0.3) is 0 Å². The Morgan fingerprint density at radius 1 is 1.00 bits per heavy atom. The molecule has 0 aliphatic carbocycles. The molecule has 0 saturated carbocycles. The first-order valence-corrected chi connectivity index (χ1v) is 9.01. The van der Waals surface area contributed by atoms with Crippen molar-refractivity contribution in [1.82, 2.24) is 9.97 Å². The van der Waals surface area contributed by atoms with Crippen LogP contribution in [0.3, 0.4) is 0 Å². The Morgan fingerprint density at radius 3 is 2.41 bits per heavy atom. The number of rotatable bonds is 1. The van der Waals surface area contributed by atoms with Crippen molar-refractivity contribution < 1.29 is 4.42 Å². The molecular weight excluding hydrogens is 334 g/mol. The number of benzene rings is 2. The standard InChI is InChI=1S/C23H21N3O/c1-13-10-15(23(3,4)5)11-17-18(12-24)25-22(26-20(13)17)21-14(2)16-8-6-7-9-19(16)27-21/h6-11H,1-5H3. The third kappa shape index (κ3) is 2.76. The summed E-state index contributed by atoms with van der Waals surface area (Å²) in [5, 5.41) is 11.6. The minimum Gasteiger partial charge on any atom is -0.452 e. The highest BCUT2D eigenvalue weighted by Crippen LogP contribution is 2.34. The molecule has 2 aromatic carbocycles. The fraction of sp³-hybridized carbons (Fsp3) is 0.261. The summed E-state index contributed by atoms with van der Waals surface area (Å²) >= 11 is 0. The summed E-state index contributed by atoms with van der Waals surface area (Å²) in [5.74, 6) is 1.08. The lowest BCUT2D eigenvalue weighted by atomic mass is 9.85. The van der Waals surface area contributed by atoms with Crippen LogP contribution in [0.5, 0.6) is 0 Å². The van der Waals surface area contributed by atoms with E-state index in [-0.39, 0.29) is 5.41 Å². The van der Waals surface area contributed by atoms with Crippen molar-refractivity contribution in [1.29, 1.82) is 5.26 Å². The summed E-state index contributed by atoms with van der Waals surface area (Å²) < 4.78 is 6.02. The second-order valence-electron chi connectivity index (χ2n) is 8.00. The lowest BCUT2D eigenvalue weighted by molar-refractivity contribution is 0.590. The molecule has 2 aromatic heterocycles. The Labute approximate surface area is 158 Å². The van der Waals surface area contributed by atoms with E-state index in [1.807, 2.05) is 44.2 Å². The van der Waals surface area contributed by atoms with E-state index in [4.69, 9.17) is 9.40 Å². The Bertz CT molecular complexity index is 1240. The number of aryl methyl sites for hydroxylation is 2. The fourth-order valence-electron chi connectivity index (χ4n) is 3.41. The molecule has 4 aromatic rings. The minimum atomic E-state index is -0.0142. The maximum absolute atomic E-state index is 9.73. The van der Waals surface area contributed by atoms with Crippen LogP contribution in [-0.4, -0.2) is 9.97 Å². The number of nitriles is 1. The SMILES string of the molecule is Cc1c(-c2nc(C#N)c3cc(C(C)(C)C)cc(C)c3n2)oc2ccccc12. The normalized spacial score (nSPS) is 11.9. The number of furan rings is 1. The predicted molar refractivity (Wildman–Crippen MR) is 108 cm³/mol. The van der Waals surface area contributed by atoms with E-state index >= 15 is 0 Å². The van der Waals surface area contributed by atoms with E-state index < -0.39 is 0 Å². The number of nitrogens with zero attached hydrogens (tertiary/aromatic N) is 3. The van der Waals surface area contributed by atoms with E-state index in [1.54, 1.807) is 0 Å². The summed E-state index contributed by atoms with van der Waals surface area (Å²) in [5.41, 5.74) is 5.14. The van der Waals surface area contributed by atoms with E-state index in [1.165, 1.54) is 5.56 Å². The average Bonchev–Trinajstić information content (AvgIpc) is 2.97. The lowest BCUT2D eigenvalue weighted by Gasteiger charge is -2.20. The molecule has 0 aliphatic heterocycles. The van der Waals surface area contributed by atoms with Gasteiger partial charge in [0.05, 0.1) is 5.52 Å². The van der Waals surface area contributed by atoms with Crippen molar-refractivity contribution in [3.8, 4) is 17.7 Å². The topological polar surface area (TPSA) is 62.7 Å². The first kappa shape index (κ1) is 17.2. The van der Waals surface area contributed by atoms with Crippen LogP contribution in [0.25, 0.3) is 33.5 Å². The summed E-state index contributed by atoms with van der Waals surface area (Å²) in [4.78, 5) is 9.32. The molecule has 0 aliphatic rings. The van der Waals surface area contributed by atoms with Crippen LogP contribution >= 0.6 is 0 Å². The molecule has 4 nitrogen and oxygen atoms in total. The van der Waals surface area contributed by atoms with Crippen LogP contribution < -0.4 is 0 Å². The van der Waals surface area contributed by atoms with Gasteiger partial charge in [0.1, 0.15) is 11.7 Å². The average molecular weight is 355 g/mol. The zero-order chi connectivity index (χ0) is 19.3. The fourth-order valence-corrected chi connectivity index (χ4v) is 3.41. The molecule has 0 amide bonds. The Hall–Kier alpha value is -3.19. The third-order valence-electron chi connectivity index (χ3n) is 5.01. The molecule has 0 fully saturated rings. The van der Waals surface area contributed by atoms with Crippen molar-refractivity contribution in [2.24, 2.45) is 0 Å². The van der Waals surface area contributed by atoms with Gasteiger partial charge in [0.15, 0.2) is 17.3 Å². The molecular formula is C23H21N3O. The van der Waals surface area contributed by atoms with Gasteiger partial charge in [-0.05, 0) is 42.5 Å². The number of aromatic nitrogens is 2.